The third-order valence-corrected chi connectivity index (χ3v) is 3.28. The molecular weight excluding hydrogens is 254 g/mol. The normalized spacial score (nSPS) is 12.7. The van der Waals surface area contributed by atoms with E-state index in [1.165, 1.54) is 0 Å². The molecule has 0 spiro atoms. The number of aryl methyl sites for hydroxylation is 1. The summed E-state index contributed by atoms with van der Waals surface area (Å²) < 4.78 is 1.61. The second kappa shape index (κ2) is 4.88. The Hall–Kier alpha value is -2.50. The third-order valence-electron chi connectivity index (χ3n) is 3.28. The first kappa shape index (κ1) is 12.5. The molecule has 6 nitrogen and oxygen atoms in total. The van der Waals surface area contributed by atoms with Crippen molar-refractivity contribution in [3.05, 3.63) is 52.5 Å². The van der Waals surface area contributed by atoms with Crippen molar-refractivity contribution in [1.29, 1.82) is 0 Å². The fraction of sp³-hybridized carbons (Fsp3) is 0.286. The lowest BCUT2D eigenvalue weighted by Gasteiger charge is -2.13. The molecule has 0 radical (unpaired) electrons. The van der Waals surface area contributed by atoms with Gasteiger partial charge in [-0.15, -0.1) is 0 Å². The van der Waals surface area contributed by atoms with Crippen LogP contribution in [0.4, 0.5) is 0 Å². The van der Waals surface area contributed by atoms with Crippen LogP contribution < -0.4 is 5.56 Å². The van der Waals surface area contributed by atoms with Crippen LogP contribution >= 0.6 is 0 Å². The molecule has 102 valence electrons. The fourth-order valence-corrected chi connectivity index (χ4v) is 2.26. The number of fused-ring (bicyclic) bond motifs is 1. The maximum atomic E-state index is 12.4. The zero-order chi connectivity index (χ0) is 14.1. The zero-order valence-electron chi connectivity index (χ0n) is 11.4. The molecule has 3 heterocycles. The average molecular weight is 269 g/mol. The molecule has 0 amide bonds. The van der Waals surface area contributed by atoms with Gasteiger partial charge in [-0.2, -0.15) is 5.10 Å². The van der Waals surface area contributed by atoms with Gasteiger partial charge in [0.1, 0.15) is 0 Å². The first-order valence-corrected chi connectivity index (χ1v) is 6.48. The van der Waals surface area contributed by atoms with Gasteiger partial charge >= 0.3 is 0 Å². The quantitative estimate of drug-likeness (QED) is 0.784. The van der Waals surface area contributed by atoms with Crippen molar-refractivity contribution >= 4 is 11.0 Å². The number of aromatic amines is 1. The minimum Gasteiger partial charge on any atom is -0.294 e. The Morgan fingerprint density at radius 3 is 3.00 bits per heavy atom. The van der Waals surface area contributed by atoms with Gasteiger partial charge in [0.25, 0.3) is 5.56 Å². The van der Waals surface area contributed by atoms with E-state index in [1.54, 1.807) is 29.2 Å². The van der Waals surface area contributed by atoms with E-state index in [0.717, 1.165) is 11.4 Å². The first-order chi connectivity index (χ1) is 9.65. The number of nitrogens with one attached hydrogen (secondary N) is 1. The van der Waals surface area contributed by atoms with E-state index in [-0.39, 0.29) is 11.6 Å². The number of aromatic nitrogens is 5. The van der Waals surface area contributed by atoms with Gasteiger partial charge in [-0.05, 0) is 32.0 Å². The predicted octanol–water partition coefficient (Wildman–Crippen LogP) is 1.63. The molecule has 0 aliphatic carbocycles. The molecular formula is C14H15N5O. The van der Waals surface area contributed by atoms with Crippen molar-refractivity contribution in [2.45, 2.75) is 26.3 Å². The highest BCUT2D eigenvalue weighted by atomic mass is 16.1. The number of H-pyrrole nitrogens is 1. The van der Waals surface area contributed by atoms with E-state index in [1.807, 2.05) is 19.9 Å². The topological polar surface area (TPSA) is 76.5 Å². The summed E-state index contributed by atoms with van der Waals surface area (Å²) in [5.41, 5.74) is 2.85. The van der Waals surface area contributed by atoms with Gasteiger partial charge < -0.3 is 0 Å². The smallest absolute Gasteiger partial charge is 0.280 e. The van der Waals surface area contributed by atoms with Crippen molar-refractivity contribution in [3.63, 3.8) is 0 Å². The highest BCUT2D eigenvalue weighted by Gasteiger charge is 2.12. The van der Waals surface area contributed by atoms with Gasteiger partial charge in [-0.25, -0.2) is 9.97 Å². The molecule has 0 aromatic carbocycles. The lowest BCUT2D eigenvalue weighted by molar-refractivity contribution is 0.516. The van der Waals surface area contributed by atoms with E-state index < -0.39 is 0 Å². The molecule has 0 aliphatic heterocycles. The van der Waals surface area contributed by atoms with E-state index in [4.69, 9.17) is 0 Å². The molecule has 20 heavy (non-hydrogen) atoms. The molecule has 3 aromatic heterocycles. The van der Waals surface area contributed by atoms with E-state index in [0.29, 0.717) is 17.5 Å². The van der Waals surface area contributed by atoms with Crippen molar-refractivity contribution in [1.82, 2.24) is 24.7 Å². The SMILES string of the molecule is Cc1cc(C[C@H](C)n2cnc3cccnc3c2=O)n[nH]1. The van der Waals surface area contributed by atoms with Gasteiger partial charge in [-0.3, -0.25) is 14.5 Å². The summed E-state index contributed by atoms with van der Waals surface area (Å²) in [5, 5.41) is 7.10. The minimum absolute atomic E-state index is 0.0240. The van der Waals surface area contributed by atoms with Crippen LogP contribution in [0.3, 0.4) is 0 Å². The van der Waals surface area contributed by atoms with Crippen molar-refractivity contribution in [2.24, 2.45) is 0 Å². The lowest BCUT2D eigenvalue weighted by atomic mass is 10.1. The first-order valence-electron chi connectivity index (χ1n) is 6.48. The van der Waals surface area contributed by atoms with Gasteiger partial charge in [0.15, 0.2) is 5.52 Å². The monoisotopic (exact) mass is 269 g/mol. The standard InChI is InChI=1S/C14H15N5O/c1-9-6-11(18-17-9)7-10(2)19-8-16-12-4-3-5-15-13(12)14(19)20/h3-6,8,10H,7H2,1-2H3,(H,17,18)/t10-/m0/s1. The Kier molecular flexibility index (Phi) is 3.06. The molecule has 0 saturated carbocycles. The highest BCUT2D eigenvalue weighted by molar-refractivity contribution is 5.71. The van der Waals surface area contributed by atoms with Crippen LogP contribution in [0.5, 0.6) is 0 Å². The summed E-state index contributed by atoms with van der Waals surface area (Å²) in [6.07, 6.45) is 3.86. The summed E-state index contributed by atoms with van der Waals surface area (Å²) in [7, 11) is 0. The number of hydrogen-bond donors (Lipinski definition) is 1. The zero-order valence-corrected chi connectivity index (χ0v) is 11.4. The van der Waals surface area contributed by atoms with Crippen molar-refractivity contribution in [2.75, 3.05) is 0 Å². The molecule has 3 aromatic rings. The van der Waals surface area contributed by atoms with Crippen LogP contribution in [-0.2, 0) is 6.42 Å². The lowest BCUT2D eigenvalue weighted by Crippen LogP contribution is -2.25. The number of nitrogens with zero attached hydrogens (tertiary/aromatic N) is 4. The second-order valence-electron chi connectivity index (χ2n) is 4.92. The summed E-state index contributed by atoms with van der Waals surface area (Å²) in [5.74, 6) is 0. The fourth-order valence-electron chi connectivity index (χ4n) is 2.26. The molecule has 0 bridgehead atoms. The van der Waals surface area contributed by atoms with E-state index in [9.17, 15) is 4.79 Å². The summed E-state index contributed by atoms with van der Waals surface area (Å²) in [6, 6.07) is 5.52. The van der Waals surface area contributed by atoms with Crippen LogP contribution in [0.15, 0.2) is 35.5 Å². The number of pyridine rings is 1. The van der Waals surface area contributed by atoms with Gasteiger partial charge in [0, 0.05) is 24.4 Å². The maximum Gasteiger partial charge on any atom is 0.280 e. The molecule has 1 atom stereocenters. The Morgan fingerprint density at radius 1 is 1.40 bits per heavy atom. The van der Waals surface area contributed by atoms with Crippen LogP contribution in [-0.4, -0.2) is 24.7 Å². The van der Waals surface area contributed by atoms with Crippen LogP contribution in [0.2, 0.25) is 0 Å². The molecule has 0 aliphatic rings. The van der Waals surface area contributed by atoms with Gasteiger partial charge in [-0.1, -0.05) is 0 Å². The van der Waals surface area contributed by atoms with Crippen LogP contribution in [0, 0.1) is 6.92 Å². The molecule has 1 N–H and O–H groups in total. The molecule has 6 heteroatoms. The highest BCUT2D eigenvalue weighted by Crippen LogP contribution is 2.12. The van der Waals surface area contributed by atoms with E-state index >= 15 is 0 Å². The molecule has 0 fully saturated rings. The van der Waals surface area contributed by atoms with Crippen molar-refractivity contribution in [3.8, 4) is 0 Å². The minimum atomic E-state index is -0.115. The average Bonchev–Trinajstić information content (AvgIpc) is 2.84. The van der Waals surface area contributed by atoms with Crippen LogP contribution in [0.25, 0.3) is 11.0 Å². The number of hydrogen-bond acceptors (Lipinski definition) is 4. The summed E-state index contributed by atoms with van der Waals surface area (Å²) in [4.78, 5) is 20.8. The molecule has 0 unspecified atom stereocenters. The van der Waals surface area contributed by atoms with Crippen LogP contribution in [0.1, 0.15) is 24.4 Å². The maximum absolute atomic E-state index is 12.4. The molecule has 0 saturated heterocycles. The van der Waals surface area contributed by atoms with Gasteiger partial charge in [0.05, 0.1) is 17.5 Å². The Bertz CT molecular complexity index is 804. The Balaban J connectivity index is 1.97. The molecule has 3 rings (SSSR count). The van der Waals surface area contributed by atoms with Gasteiger partial charge in [0.2, 0.25) is 0 Å². The Morgan fingerprint density at radius 2 is 2.25 bits per heavy atom. The van der Waals surface area contributed by atoms with Crippen molar-refractivity contribution < 1.29 is 0 Å². The number of rotatable bonds is 3. The third kappa shape index (κ3) is 2.20. The second-order valence-corrected chi connectivity index (χ2v) is 4.92. The summed E-state index contributed by atoms with van der Waals surface area (Å²) >= 11 is 0. The largest absolute Gasteiger partial charge is 0.294 e. The predicted molar refractivity (Wildman–Crippen MR) is 75.5 cm³/mol. The summed E-state index contributed by atoms with van der Waals surface area (Å²) in [6.45, 7) is 3.93. The van der Waals surface area contributed by atoms with E-state index in [2.05, 4.69) is 20.2 Å². The Labute approximate surface area is 115 Å².